The van der Waals surface area contributed by atoms with Crippen molar-refractivity contribution in [2.24, 2.45) is 0 Å². The van der Waals surface area contributed by atoms with E-state index in [1.54, 1.807) is 12.4 Å². The number of aryl methyl sites for hydroxylation is 1. The van der Waals surface area contributed by atoms with Gasteiger partial charge in [-0.25, -0.2) is 15.0 Å². The van der Waals surface area contributed by atoms with Crippen LogP contribution in [0.25, 0.3) is 5.57 Å². The molecule has 3 aliphatic rings. The van der Waals surface area contributed by atoms with Crippen molar-refractivity contribution in [3.8, 4) is 12.3 Å². The van der Waals surface area contributed by atoms with Crippen molar-refractivity contribution >= 4 is 28.1 Å². The van der Waals surface area contributed by atoms with Crippen LogP contribution in [0.1, 0.15) is 42.8 Å². The van der Waals surface area contributed by atoms with Crippen LogP contribution in [0.15, 0.2) is 23.4 Å². The molecule has 8 nitrogen and oxygen atoms in total. The highest BCUT2D eigenvalue weighted by Gasteiger charge is 2.39. The van der Waals surface area contributed by atoms with Crippen molar-refractivity contribution in [1.29, 1.82) is 0 Å². The lowest BCUT2D eigenvalue weighted by molar-refractivity contribution is 0.271. The van der Waals surface area contributed by atoms with E-state index in [1.807, 2.05) is 7.05 Å². The van der Waals surface area contributed by atoms with E-state index in [9.17, 15) is 4.21 Å². The van der Waals surface area contributed by atoms with Crippen LogP contribution < -0.4 is 15.5 Å². The Morgan fingerprint density at radius 2 is 2.06 bits per heavy atom. The number of nitrogens with one attached hydrogen (secondary N) is 2. The maximum atomic E-state index is 12.7. The molecule has 0 unspecified atom stereocenters. The Labute approximate surface area is 190 Å². The monoisotopic (exact) mass is 449 g/mol. The van der Waals surface area contributed by atoms with Gasteiger partial charge in [-0.2, -0.15) is 4.98 Å². The summed E-state index contributed by atoms with van der Waals surface area (Å²) in [4.78, 5) is 21.4. The number of terminal acetylenes is 1. The number of rotatable bonds is 6. The van der Waals surface area contributed by atoms with Crippen LogP contribution in [0, 0.1) is 12.3 Å². The van der Waals surface area contributed by atoms with Crippen LogP contribution in [0.4, 0.5) is 11.8 Å². The van der Waals surface area contributed by atoms with Crippen LogP contribution in [0.2, 0.25) is 0 Å². The Kier molecular flexibility index (Phi) is 5.66. The maximum Gasteiger partial charge on any atom is 0.227 e. The van der Waals surface area contributed by atoms with E-state index >= 15 is 0 Å². The van der Waals surface area contributed by atoms with Crippen LogP contribution >= 0.6 is 0 Å². The third kappa shape index (κ3) is 3.89. The van der Waals surface area contributed by atoms with Gasteiger partial charge in [-0.05, 0) is 38.3 Å². The van der Waals surface area contributed by atoms with E-state index in [0.29, 0.717) is 23.8 Å². The first-order chi connectivity index (χ1) is 15.6. The highest BCUT2D eigenvalue weighted by molar-refractivity contribution is 7.85. The minimum Gasteiger partial charge on any atom is -0.362 e. The van der Waals surface area contributed by atoms with Crippen molar-refractivity contribution in [2.75, 3.05) is 42.7 Å². The first kappa shape index (κ1) is 21.0. The third-order valence-corrected chi connectivity index (χ3v) is 7.94. The number of aromatic nitrogens is 4. The number of likely N-dealkylation sites (N-methyl/N-ethyl adjacent to an activating group) is 1. The van der Waals surface area contributed by atoms with Crippen molar-refractivity contribution in [3.63, 3.8) is 0 Å². The zero-order chi connectivity index (χ0) is 22.1. The van der Waals surface area contributed by atoms with Gasteiger partial charge < -0.3 is 15.5 Å². The van der Waals surface area contributed by atoms with Gasteiger partial charge in [0.15, 0.2) is 5.82 Å². The number of nitrogens with zero attached hydrogens (tertiary/aromatic N) is 5. The fraction of sp³-hybridized carbons (Fsp3) is 0.478. The Balaban J connectivity index is 1.40. The second-order valence-corrected chi connectivity index (χ2v) is 10.1. The summed E-state index contributed by atoms with van der Waals surface area (Å²) < 4.78 is 12.7. The highest BCUT2D eigenvalue weighted by atomic mass is 32.2. The van der Waals surface area contributed by atoms with Gasteiger partial charge in [0.2, 0.25) is 5.95 Å². The number of hydrogen-bond acceptors (Lipinski definition) is 8. The van der Waals surface area contributed by atoms with Crippen molar-refractivity contribution < 1.29 is 4.21 Å². The number of hydrogen-bond donors (Lipinski definition) is 2. The summed E-state index contributed by atoms with van der Waals surface area (Å²) in [5.74, 6) is 5.33. The fourth-order valence-corrected chi connectivity index (χ4v) is 5.88. The Morgan fingerprint density at radius 3 is 2.69 bits per heavy atom. The summed E-state index contributed by atoms with van der Waals surface area (Å²) in [6.45, 7) is 2.32. The maximum absolute atomic E-state index is 12.7. The molecule has 0 saturated heterocycles. The van der Waals surface area contributed by atoms with E-state index in [4.69, 9.17) is 16.4 Å². The molecule has 0 bridgehead atoms. The molecule has 1 aliphatic carbocycles. The third-order valence-electron chi connectivity index (χ3n) is 6.48. The van der Waals surface area contributed by atoms with Crippen LogP contribution in [-0.4, -0.2) is 62.1 Å². The lowest BCUT2D eigenvalue weighted by Gasteiger charge is -2.43. The molecule has 0 amide bonds. The van der Waals surface area contributed by atoms with Gasteiger partial charge in [0.25, 0.3) is 0 Å². The Bertz CT molecular complexity index is 1120. The molecule has 4 heterocycles. The van der Waals surface area contributed by atoms with Gasteiger partial charge in [-0.1, -0.05) is 12.0 Å². The molecule has 166 valence electrons. The lowest BCUT2D eigenvalue weighted by atomic mass is 9.76. The quantitative estimate of drug-likeness (QED) is 0.644. The average molecular weight is 450 g/mol. The molecule has 1 fully saturated rings. The molecule has 2 aromatic rings. The molecule has 2 aliphatic heterocycles. The summed E-state index contributed by atoms with van der Waals surface area (Å²) in [6.07, 6.45) is 15.8. The minimum absolute atomic E-state index is 0.0161. The predicted octanol–water partition coefficient (Wildman–Crippen LogP) is 1.76. The molecule has 2 aromatic heterocycles. The van der Waals surface area contributed by atoms with E-state index in [1.165, 1.54) is 6.42 Å². The molecule has 1 atom stereocenters. The standard InChI is InChI=1S/C23H27N7OS/c1-3-16-13-25-20(26-14-16)17-5-10-30(11-6-17)22-27-18-7-12-32(31)19(18)21(28-22)29-23(15-24-2)8-4-9-23/h1,5,13-14,24H,4,6-12,15H2,2H3,(H,27,28,29)/t32-/m0/s1. The van der Waals surface area contributed by atoms with E-state index in [0.717, 1.165) is 66.6 Å². The molecular weight excluding hydrogens is 422 g/mol. The van der Waals surface area contributed by atoms with Crippen molar-refractivity contribution in [2.45, 2.75) is 42.5 Å². The van der Waals surface area contributed by atoms with Crippen LogP contribution in [0.5, 0.6) is 0 Å². The van der Waals surface area contributed by atoms with Gasteiger partial charge in [0, 0.05) is 44.2 Å². The lowest BCUT2D eigenvalue weighted by Crippen LogP contribution is -2.52. The number of fused-ring (bicyclic) bond motifs is 1. The second kappa shape index (κ2) is 8.60. The number of anilines is 2. The fourth-order valence-electron chi connectivity index (χ4n) is 4.57. The molecule has 9 heteroatoms. The molecule has 32 heavy (non-hydrogen) atoms. The van der Waals surface area contributed by atoms with Crippen molar-refractivity contribution in [1.82, 2.24) is 25.3 Å². The Hall–Kier alpha value is -2.83. The predicted molar refractivity (Wildman–Crippen MR) is 126 cm³/mol. The van der Waals surface area contributed by atoms with Gasteiger partial charge in [0.1, 0.15) is 10.7 Å². The topological polar surface area (TPSA) is 95.9 Å². The summed E-state index contributed by atoms with van der Waals surface area (Å²) in [5.41, 5.74) is 2.68. The van der Waals surface area contributed by atoms with Crippen LogP contribution in [-0.2, 0) is 17.2 Å². The molecule has 0 aromatic carbocycles. The average Bonchev–Trinajstić information content (AvgIpc) is 3.19. The smallest absolute Gasteiger partial charge is 0.227 e. The van der Waals surface area contributed by atoms with Gasteiger partial charge in [-0.3, -0.25) is 4.21 Å². The summed E-state index contributed by atoms with van der Waals surface area (Å²) >= 11 is 0. The first-order valence-electron chi connectivity index (χ1n) is 11.1. The zero-order valence-electron chi connectivity index (χ0n) is 18.2. The van der Waals surface area contributed by atoms with Crippen molar-refractivity contribution in [3.05, 3.63) is 35.6 Å². The summed E-state index contributed by atoms with van der Waals surface area (Å²) in [5, 5.41) is 6.96. The molecule has 0 radical (unpaired) electrons. The molecular formula is C23H27N7OS. The van der Waals surface area contributed by atoms with Gasteiger partial charge in [0.05, 0.1) is 27.6 Å². The van der Waals surface area contributed by atoms with Gasteiger partial charge >= 0.3 is 0 Å². The minimum atomic E-state index is -1.04. The van der Waals surface area contributed by atoms with E-state index in [-0.39, 0.29) is 5.54 Å². The molecule has 2 N–H and O–H groups in total. The highest BCUT2D eigenvalue weighted by Crippen LogP contribution is 2.38. The largest absolute Gasteiger partial charge is 0.362 e. The zero-order valence-corrected chi connectivity index (χ0v) is 19.0. The normalized spacial score (nSPS) is 21.3. The SMILES string of the molecule is C#Cc1cnc(C2=CCN(c3nc4c(c(NC5(CNC)CCC5)n3)[S@@](=O)CC4)CC2)nc1. The summed E-state index contributed by atoms with van der Waals surface area (Å²) in [7, 11) is 0.928. The van der Waals surface area contributed by atoms with E-state index < -0.39 is 10.8 Å². The molecule has 5 rings (SSSR count). The van der Waals surface area contributed by atoms with Crippen LogP contribution in [0.3, 0.4) is 0 Å². The molecule has 0 spiro atoms. The van der Waals surface area contributed by atoms with E-state index in [2.05, 4.69) is 37.5 Å². The Morgan fingerprint density at radius 1 is 1.25 bits per heavy atom. The van der Waals surface area contributed by atoms with Gasteiger partial charge in [-0.15, -0.1) is 6.42 Å². The summed E-state index contributed by atoms with van der Waals surface area (Å²) in [6, 6.07) is 0. The molecule has 1 saturated carbocycles. The first-order valence-corrected chi connectivity index (χ1v) is 12.4. The second-order valence-electron chi connectivity index (χ2n) is 8.60.